The number of anilines is 1. The zero-order valence-corrected chi connectivity index (χ0v) is 17.7. The van der Waals surface area contributed by atoms with Gasteiger partial charge in [-0.25, -0.2) is 0 Å². The standard InChI is InChI=1S/C18H25N5S.HI/c1-2-20-18(21-9-7-16-5-3-8-19-15-16)23-12-10-22(11-13-23)17-6-4-14-24-17;/h3-6,8,14-15H,2,7,9-13H2,1H3,(H,20,21);1H. The molecule has 0 spiro atoms. The third kappa shape index (κ3) is 5.85. The van der Waals surface area contributed by atoms with Gasteiger partial charge in [0.25, 0.3) is 0 Å². The first-order valence-electron chi connectivity index (χ1n) is 8.57. The first-order chi connectivity index (χ1) is 11.9. The normalized spacial score (nSPS) is 15.0. The number of aliphatic imine (C=N–C) groups is 1. The van der Waals surface area contributed by atoms with Crippen LogP contribution < -0.4 is 10.2 Å². The van der Waals surface area contributed by atoms with E-state index in [1.165, 1.54) is 10.6 Å². The summed E-state index contributed by atoms with van der Waals surface area (Å²) in [5.74, 6) is 1.03. The number of pyridine rings is 1. The number of piperazine rings is 1. The molecule has 0 radical (unpaired) electrons. The minimum atomic E-state index is 0. The van der Waals surface area contributed by atoms with Crippen molar-refractivity contribution in [2.24, 2.45) is 4.99 Å². The van der Waals surface area contributed by atoms with Crippen molar-refractivity contribution in [1.82, 2.24) is 15.2 Å². The molecular formula is C18H26IN5S. The van der Waals surface area contributed by atoms with Crippen molar-refractivity contribution in [2.75, 3.05) is 44.2 Å². The smallest absolute Gasteiger partial charge is 0.194 e. The lowest BCUT2D eigenvalue weighted by Gasteiger charge is -2.37. The lowest BCUT2D eigenvalue weighted by molar-refractivity contribution is 0.373. The highest BCUT2D eigenvalue weighted by Gasteiger charge is 2.20. The summed E-state index contributed by atoms with van der Waals surface area (Å²) in [5, 5.41) is 6.95. The maximum atomic E-state index is 4.81. The zero-order valence-electron chi connectivity index (χ0n) is 14.6. The fourth-order valence-electron chi connectivity index (χ4n) is 2.85. The molecule has 3 heterocycles. The Morgan fingerprint density at radius 3 is 2.72 bits per heavy atom. The minimum absolute atomic E-state index is 0. The Morgan fingerprint density at radius 1 is 1.24 bits per heavy atom. The van der Waals surface area contributed by atoms with Gasteiger partial charge in [-0.15, -0.1) is 35.3 Å². The predicted octanol–water partition coefficient (Wildman–Crippen LogP) is 3.09. The van der Waals surface area contributed by atoms with Crippen LogP contribution in [-0.4, -0.2) is 55.1 Å². The molecule has 7 heteroatoms. The van der Waals surface area contributed by atoms with Crippen LogP contribution in [0.2, 0.25) is 0 Å². The van der Waals surface area contributed by atoms with E-state index in [2.05, 4.69) is 50.6 Å². The van der Waals surface area contributed by atoms with E-state index in [1.807, 2.05) is 29.8 Å². The number of thiophene rings is 1. The SMILES string of the molecule is CCNC(=NCCc1cccnc1)N1CCN(c2cccs2)CC1.I. The van der Waals surface area contributed by atoms with Crippen molar-refractivity contribution in [3.05, 3.63) is 47.6 Å². The van der Waals surface area contributed by atoms with Gasteiger partial charge in [-0.3, -0.25) is 9.98 Å². The molecule has 1 aliphatic rings. The quantitative estimate of drug-likeness (QED) is 0.414. The molecule has 1 N–H and O–H groups in total. The molecule has 2 aromatic heterocycles. The summed E-state index contributed by atoms with van der Waals surface area (Å²) in [7, 11) is 0. The lowest BCUT2D eigenvalue weighted by Crippen LogP contribution is -2.52. The second-order valence-corrected chi connectivity index (χ2v) is 6.70. The van der Waals surface area contributed by atoms with Gasteiger partial charge in [-0.2, -0.15) is 0 Å². The van der Waals surface area contributed by atoms with Crippen LogP contribution in [0.15, 0.2) is 47.0 Å². The molecule has 0 aliphatic carbocycles. The Hall–Kier alpha value is -1.35. The van der Waals surface area contributed by atoms with Crippen molar-refractivity contribution >= 4 is 46.3 Å². The van der Waals surface area contributed by atoms with E-state index >= 15 is 0 Å². The van der Waals surface area contributed by atoms with E-state index in [4.69, 9.17) is 4.99 Å². The largest absolute Gasteiger partial charge is 0.360 e. The Balaban J connectivity index is 0.00000225. The highest BCUT2D eigenvalue weighted by molar-refractivity contribution is 14.0. The average molecular weight is 471 g/mol. The fraction of sp³-hybridized carbons (Fsp3) is 0.444. The molecule has 0 amide bonds. The van der Waals surface area contributed by atoms with Crippen LogP contribution in [-0.2, 0) is 6.42 Å². The minimum Gasteiger partial charge on any atom is -0.360 e. The van der Waals surface area contributed by atoms with E-state index in [0.717, 1.165) is 51.6 Å². The topological polar surface area (TPSA) is 43.8 Å². The molecule has 2 aromatic rings. The molecule has 5 nitrogen and oxygen atoms in total. The Kier molecular flexibility index (Phi) is 8.47. The van der Waals surface area contributed by atoms with Crippen molar-refractivity contribution in [3.8, 4) is 0 Å². The average Bonchev–Trinajstić information content (AvgIpc) is 3.17. The first-order valence-corrected chi connectivity index (χ1v) is 9.45. The van der Waals surface area contributed by atoms with Crippen molar-refractivity contribution in [1.29, 1.82) is 0 Å². The lowest BCUT2D eigenvalue weighted by atomic mass is 10.2. The van der Waals surface area contributed by atoms with Gasteiger partial charge in [0.05, 0.1) is 5.00 Å². The second kappa shape index (κ2) is 10.6. The summed E-state index contributed by atoms with van der Waals surface area (Å²) in [6.07, 6.45) is 4.66. The van der Waals surface area contributed by atoms with Gasteiger partial charge >= 0.3 is 0 Å². The second-order valence-electron chi connectivity index (χ2n) is 5.77. The molecule has 0 unspecified atom stereocenters. The number of guanidine groups is 1. The molecule has 136 valence electrons. The molecule has 1 saturated heterocycles. The molecule has 0 aromatic carbocycles. The number of aromatic nitrogens is 1. The van der Waals surface area contributed by atoms with Crippen LogP contribution in [0.25, 0.3) is 0 Å². The van der Waals surface area contributed by atoms with E-state index in [0.29, 0.717) is 0 Å². The molecule has 0 atom stereocenters. The van der Waals surface area contributed by atoms with Crippen LogP contribution >= 0.6 is 35.3 Å². The van der Waals surface area contributed by atoms with Gasteiger partial charge in [0, 0.05) is 51.7 Å². The Morgan fingerprint density at radius 2 is 2.08 bits per heavy atom. The summed E-state index contributed by atoms with van der Waals surface area (Å²) < 4.78 is 0. The third-order valence-electron chi connectivity index (χ3n) is 4.12. The number of hydrogen-bond acceptors (Lipinski definition) is 4. The number of rotatable bonds is 5. The van der Waals surface area contributed by atoms with Crippen LogP contribution in [0.3, 0.4) is 0 Å². The van der Waals surface area contributed by atoms with Crippen molar-refractivity contribution in [3.63, 3.8) is 0 Å². The molecule has 0 bridgehead atoms. The number of nitrogens with one attached hydrogen (secondary N) is 1. The van der Waals surface area contributed by atoms with E-state index in [1.54, 1.807) is 0 Å². The summed E-state index contributed by atoms with van der Waals surface area (Å²) in [6, 6.07) is 8.41. The van der Waals surface area contributed by atoms with Gasteiger partial charge in [-0.1, -0.05) is 6.07 Å². The van der Waals surface area contributed by atoms with E-state index in [9.17, 15) is 0 Å². The third-order valence-corrected chi connectivity index (χ3v) is 5.05. The molecular weight excluding hydrogens is 445 g/mol. The molecule has 1 aliphatic heterocycles. The van der Waals surface area contributed by atoms with Gasteiger partial charge in [0.15, 0.2) is 5.96 Å². The summed E-state index contributed by atoms with van der Waals surface area (Å²) in [6.45, 7) is 7.93. The Labute approximate surface area is 171 Å². The molecule has 0 saturated carbocycles. The number of halogens is 1. The number of nitrogens with zero attached hydrogens (tertiary/aromatic N) is 4. The highest BCUT2D eigenvalue weighted by Crippen LogP contribution is 2.22. The summed E-state index contributed by atoms with van der Waals surface area (Å²) in [5.41, 5.74) is 1.24. The van der Waals surface area contributed by atoms with E-state index in [-0.39, 0.29) is 24.0 Å². The highest BCUT2D eigenvalue weighted by atomic mass is 127. The Bertz CT molecular complexity index is 624. The summed E-state index contributed by atoms with van der Waals surface area (Å²) >= 11 is 1.82. The van der Waals surface area contributed by atoms with Crippen LogP contribution in [0.1, 0.15) is 12.5 Å². The monoisotopic (exact) mass is 471 g/mol. The van der Waals surface area contributed by atoms with Crippen LogP contribution in [0.5, 0.6) is 0 Å². The van der Waals surface area contributed by atoms with E-state index < -0.39 is 0 Å². The molecule has 25 heavy (non-hydrogen) atoms. The maximum absolute atomic E-state index is 4.81. The van der Waals surface area contributed by atoms with Crippen molar-refractivity contribution in [2.45, 2.75) is 13.3 Å². The van der Waals surface area contributed by atoms with Gasteiger partial charge < -0.3 is 15.1 Å². The first kappa shape index (κ1) is 20.0. The maximum Gasteiger partial charge on any atom is 0.194 e. The van der Waals surface area contributed by atoms with Crippen molar-refractivity contribution < 1.29 is 0 Å². The van der Waals surface area contributed by atoms with Crippen LogP contribution in [0.4, 0.5) is 5.00 Å². The molecule has 3 rings (SSSR count). The van der Waals surface area contributed by atoms with Gasteiger partial charge in [0.2, 0.25) is 0 Å². The summed E-state index contributed by atoms with van der Waals surface area (Å²) in [4.78, 5) is 13.8. The zero-order chi connectivity index (χ0) is 16.6. The van der Waals surface area contributed by atoms with Gasteiger partial charge in [-0.05, 0) is 42.5 Å². The molecule has 1 fully saturated rings. The fourth-order valence-corrected chi connectivity index (χ4v) is 3.64. The number of hydrogen-bond donors (Lipinski definition) is 1. The van der Waals surface area contributed by atoms with Crippen LogP contribution in [0, 0.1) is 0 Å². The predicted molar refractivity (Wildman–Crippen MR) is 117 cm³/mol. The van der Waals surface area contributed by atoms with Gasteiger partial charge in [0.1, 0.15) is 0 Å².